The highest BCUT2D eigenvalue weighted by molar-refractivity contribution is 5.61. The molecule has 0 aliphatic heterocycles. The first kappa shape index (κ1) is 17.8. The fourth-order valence-corrected chi connectivity index (χ4v) is 1.63. The number of nitro groups is 2. The number of hydrogen-bond acceptors (Lipinski definition) is 7. The van der Waals surface area contributed by atoms with Crippen molar-refractivity contribution in [1.29, 1.82) is 0 Å². The number of para-hydroxylation sites is 1. The Morgan fingerprint density at radius 2 is 1.91 bits per heavy atom. The van der Waals surface area contributed by atoms with Gasteiger partial charge in [0.05, 0.1) is 9.85 Å². The van der Waals surface area contributed by atoms with Crippen LogP contribution in [-0.4, -0.2) is 39.7 Å². The van der Waals surface area contributed by atoms with E-state index in [0.29, 0.717) is 0 Å². The summed E-state index contributed by atoms with van der Waals surface area (Å²) in [5.41, 5.74) is -1.56. The molecule has 1 atom stereocenters. The second-order valence-corrected chi connectivity index (χ2v) is 5.73. The summed E-state index contributed by atoms with van der Waals surface area (Å²) < 4.78 is 5.18. The number of rotatable bonds is 7. The Balaban J connectivity index is 2.80. The van der Waals surface area contributed by atoms with E-state index in [1.807, 2.05) is 20.8 Å². The van der Waals surface area contributed by atoms with Crippen LogP contribution in [0.2, 0.25) is 0 Å². The third kappa shape index (κ3) is 5.26. The summed E-state index contributed by atoms with van der Waals surface area (Å²) in [6.07, 6.45) is -0.905. The molecule has 0 bridgehead atoms. The molecule has 0 spiro atoms. The number of nitrogens with one attached hydrogen (secondary N) is 1. The Kier molecular flexibility index (Phi) is 5.77. The van der Waals surface area contributed by atoms with Gasteiger partial charge in [-0.3, -0.25) is 20.2 Å². The highest BCUT2D eigenvalue weighted by Crippen LogP contribution is 2.36. The second kappa shape index (κ2) is 7.14. The summed E-state index contributed by atoms with van der Waals surface area (Å²) in [5, 5.41) is 34.7. The van der Waals surface area contributed by atoms with E-state index in [9.17, 15) is 25.3 Å². The van der Waals surface area contributed by atoms with Crippen molar-refractivity contribution in [3.63, 3.8) is 0 Å². The van der Waals surface area contributed by atoms with Crippen molar-refractivity contribution in [1.82, 2.24) is 5.32 Å². The molecule has 9 nitrogen and oxygen atoms in total. The van der Waals surface area contributed by atoms with Crippen molar-refractivity contribution in [2.24, 2.45) is 0 Å². The van der Waals surface area contributed by atoms with E-state index in [4.69, 9.17) is 4.74 Å². The van der Waals surface area contributed by atoms with E-state index in [0.717, 1.165) is 6.07 Å². The van der Waals surface area contributed by atoms with Crippen molar-refractivity contribution in [3.05, 3.63) is 38.4 Å². The number of ether oxygens (including phenoxy) is 1. The fourth-order valence-electron chi connectivity index (χ4n) is 1.63. The maximum absolute atomic E-state index is 11.0. The van der Waals surface area contributed by atoms with Crippen LogP contribution < -0.4 is 10.1 Å². The van der Waals surface area contributed by atoms with E-state index in [2.05, 4.69) is 5.32 Å². The number of aliphatic hydroxyl groups excluding tert-OH is 1. The van der Waals surface area contributed by atoms with Crippen LogP contribution in [0.15, 0.2) is 18.2 Å². The third-order valence-corrected chi connectivity index (χ3v) is 2.66. The molecule has 1 aromatic carbocycles. The molecule has 0 saturated heterocycles. The fraction of sp³-hybridized carbons (Fsp3) is 0.538. The predicted octanol–water partition coefficient (Wildman–Crippen LogP) is 1.63. The smallest absolute Gasteiger partial charge is 0.387 e. The topological polar surface area (TPSA) is 128 Å². The summed E-state index contributed by atoms with van der Waals surface area (Å²) >= 11 is 0. The molecule has 0 amide bonds. The Morgan fingerprint density at radius 3 is 2.41 bits per heavy atom. The normalized spacial score (nSPS) is 12.7. The van der Waals surface area contributed by atoms with Gasteiger partial charge < -0.3 is 15.2 Å². The Labute approximate surface area is 127 Å². The minimum Gasteiger partial charge on any atom is -0.484 e. The molecule has 0 fully saturated rings. The maximum Gasteiger partial charge on any atom is 0.387 e. The molecule has 0 aliphatic rings. The van der Waals surface area contributed by atoms with Crippen molar-refractivity contribution >= 4 is 11.4 Å². The number of nitrogens with zero attached hydrogens (tertiary/aromatic N) is 2. The Hall–Kier alpha value is -2.26. The van der Waals surface area contributed by atoms with Crippen LogP contribution in [0.4, 0.5) is 11.4 Å². The molecule has 2 N–H and O–H groups in total. The summed E-state index contributed by atoms with van der Waals surface area (Å²) in [6, 6.07) is 3.58. The van der Waals surface area contributed by atoms with E-state index < -0.39 is 27.3 Å². The van der Waals surface area contributed by atoms with Crippen LogP contribution in [0.1, 0.15) is 20.8 Å². The summed E-state index contributed by atoms with van der Waals surface area (Å²) in [4.78, 5) is 20.1. The summed E-state index contributed by atoms with van der Waals surface area (Å²) in [7, 11) is 0. The van der Waals surface area contributed by atoms with Crippen LogP contribution >= 0.6 is 0 Å². The van der Waals surface area contributed by atoms with E-state index in [-0.39, 0.29) is 24.4 Å². The van der Waals surface area contributed by atoms with Crippen LogP contribution in [0.3, 0.4) is 0 Å². The molecule has 122 valence electrons. The lowest BCUT2D eigenvalue weighted by molar-refractivity contribution is -0.423. The largest absolute Gasteiger partial charge is 0.484 e. The molecule has 1 unspecified atom stereocenters. The van der Waals surface area contributed by atoms with Gasteiger partial charge in [0.2, 0.25) is 5.75 Å². The minimum absolute atomic E-state index is 0.196. The number of benzene rings is 1. The molecule has 0 heterocycles. The highest BCUT2D eigenvalue weighted by atomic mass is 16.6. The Morgan fingerprint density at radius 1 is 1.27 bits per heavy atom. The predicted molar refractivity (Wildman–Crippen MR) is 79.0 cm³/mol. The maximum atomic E-state index is 11.0. The molecule has 1 aromatic rings. The standard InChI is InChI=1S/C13H19N3O6/c1-13(2,3)14-7-9(17)8-22-11-6-4-5-10(15(18)19)12(11)16(20)21/h4-6,9,14,17H,7-8H2,1-3H3. The average Bonchev–Trinajstić information content (AvgIpc) is 2.41. The summed E-state index contributed by atoms with van der Waals surface area (Å²) in [6.45, 7) is 5.78. The van der Waals surface area contributed by atoms with Crippen LogP contribution in [0.25, 0.3) is 0 Å². The van der Waals surface area contributed by atoms with E-state index in [1.165, 1.54) is 12.1 Å². The van der Waals surface area contributed by atoms with Crippen LogP contribution in [-0.2, 0) is 0 Å². The SMILES string of the molecule is CC(C)(C)NCC(O)COc1cccc([N+](=O)[O-])c1[N+](=O)[O-]. The molecule has 0 aromatic heterocycles. The number of nitro benzene ring substituents is 2. The van der Waals surface area contributed by atoms with Crippen LogP contribution in [0, 0.1) is 20.2 Å². The molecular weight excluding hydrogens is 294 g/mol. The lowest BCUT2D eigenvalue weighted by atomic mass is 10.1. The van der Waals surface area contributed by atoms with Crippen LogP contribution in [0.5, 0.6) is 5.75 Å². The van der Waals surface area contributed by atoms with Gasteiger partial charge in [-0.25, -0.2) is 0 Å². The summed E-state index contributed by atoms with van der Waals surface area (Å²) in [5.74, 6) is -0.242. The molecule has 0 radical (unpaired) electrons. The molecule has 0 aliphatic carbocycles. The van der Waals surface area contributed by atoms with E-state index >= 15 is 0 Å². The molecule has 1 rings (SSSR count). The number of aliphatic hydroxyl groups is 1. The number of β-amino-alcohol motifs (C(OH)–C–C–N with tert-alkyl or cyclic N) is 1. The molecular formula is C13H19N3O6. The van der Waals surface area contributed by atoms with Gasteiger partial charge in [-0.15, -0.1) is 0 Å². The molecule has 22 heavy (non-hydrogen) atoms. The van der Waals surface area contributed by atoms with Crippen molar-refractivity contribution in [2.45, 2.75) is 32.4 Å². The Bertz CT molecular complexity index is 555. The lowest BCUT2D eigenvalue weighted by Gasteiger charge is -2.22. The first-order valence-corrected chi connectivity index (χ1v) is 6.59. The zero-order chi connectivity index (χ0) is 16.9. The first-order chi connectivity index (χ1) is 10.1. The first-order valence-electron chi connectivity index (χ1n) is 6.59. The monoisotopic (exact) mass is 313 g/mol. The quantitative estimate of drug-likeness (QED) is 0.578. The van der Waals surface area contributed by atoms with Gasteiger partial charge in [-0.1, -0.05) is 6.07 Å². The second-order valence-electron chi connectivity index (χ2n) is 5.73. The van der Waals surface area contributed by atoms with Gasteiger partial charge in [0, 0.05) is 18.2 Å². The van der Waals surface area contributed by atoms with Gasteiger partial charge in [0.25, 0.3) is 0 Å². The van der Waals surface area contributed by atoms with Crippen molar-refractivity contribution in [2.75, 3.05) is 13.2 Å². The zero-order valence-electron chi connectivity index (χ0n) is 12.6. The number of hydrogen-bond donors (Lipinski definition) is 2. The van der Waals surface area contributed by atoms with Gasteiger partial charge in [-0.05, 0) is 26.8 Å². The van der Waals surface area contributed by atoms with Crippen molar-refractivity contribution < 1.29 is 19.7 Å². The molecule has 0 saturated carbocycles. The third-order valence-electron chi connectivity index (χ3n) is 2.66. The van der Waals surface area contributed by atoms with Gasteiger partial charge in [-0.2, -0.15) is 0 Å². The van der Waals surface area contributed by atoms with Gasteiger partial charge in [0.15, 0.2) is 0 Å². The zero-order valence-corrected chi connectivity index (χ0v) is 12.6. The minimum atomic E-state index is -0.905. The van der Waals surface area contributed by atoms with Crippen molar-refractivity contribution in [3.8, 4) is 5.75 Å². The molecule has 9 heteroatoms. The highest BCUT2D eigenvalue weighted by Gasteiger charge is 2.29. The van der Waals surface area contributed by atoms with Gasteiger partial charge in [0.1, 0.15) is 12.7 Å². The van der Waals surface area contributed by atoms with Gasteiger partial charge >= 0.3 is 11.4 Å². The van der Waals surface area contributed by atoms with E-state index in [1.54, 1.807) is 0 Å². The average molecular weight is 313 g/mol. The lowest BCUT2D eigenvalue weighted by Crippen LogP contribution is -2.42.